The van der Waals surface area contributed by atoms with Crippen LogP contribution in [0, 0.1) is 17.6 Å². The first-order valence-corrected chi connectivity index (χ1v) is 8.58. The van der Waals surface area contributed by atoms with Gasteiger partial charge in [-0.2, -0.15) is 0 Å². The minimum absolute atomic E-state index is 0.230. The van der Waals surface area contributed by atoms with E-state index in [0.29, 0.717) is 23.9 Å². The van der Waals surface area contributed by atoms with Gasteiger partial charge >= 0.3 is 11.8 Å². The predicted octanol–water partition coefficient (Wildman–Crippen LogP) is 2.00. The molecule has 6 nitrogen and oxygen atoms in total. The molecule has 1 aliphatic heterocycles. The number of anilines is 1. The highest BCUT2D eigenvalue weighted by atomic mass is 35.5. The molecule has 1 aromatic carbocycles. The summed E-state index contributed by atoms with van der Waals surface area (Å²) in [6, 6.07) is 1.05. The normalized spacial score (nSPS) is 19.5. The number of hydrogen-bond acceptors (Lipinski definition) is 4. The van der Waals surface area contributed by atoms with Gasteiger partial charge in [0.15, 0.2) is 11.6 Å². The number of nitrogens with zero attached hydrogens (tertiary/aromatic N) is 1. The van der Waals surface area contributed by atoms with Gasteiger partial charge in [-0.3, -0.25) is 14.4 Å². The second-order valence-corrected chi connectivity index (χ2v) is 6.88. The van der Waals surface area contributed by atoms with Gasteiger partial charge in [-0.25, -0.2) is 13.7 Å². The zero-order valence-electron chi connectivity index (χ0n) is 14.6. The lowest BCUT2D eigenvalue weighted by molar-refractivity contribution is -0.140. The molecule has 26 heavy (non-hydrogen) atoms. The molecule has 1 aromatic rings. The number of carbonyl (C=O) groups is 3. The summed E-state index contributed by atoms with van der Waals surface area (Å²) in [5, 5.41) is 4.87. The van der Waals surface area contributed by atoms with Crippen LogP contribution >= 0.6 is 11.6 Å². The van der Waals surface area contributed by atoms with Gasteiger partial charge in [-0.05, 0) is 39.8 Å². The number of benzene rings is 1. The number of halogens is 3. The van der Waals surface area contributed by atoms with Gasteiger partial charge in [0.1, 0.15) is 0 Å². The highest BCUT2D eigenvalue weighted by Gasteiger charge is 2.38. The lowest BCUT2D eigenvalue weighted by Gasteiger charge is -2.25. The van der Waals surface area contributed by atoms with Crippen LogP contribution in [0.15, 0.2) is 12.1 Å². The molecule has 1 heterocycles. The van der Waals surface area contributed by atoms with Crippen LogP contribution in [0.3, 0.4) is 0 Å². The van der Waals surface area contributed by atoms with E-state index in [2.05, 4.69) is 10.6 Å². The number of nitrogens with one attached hydrogen (secondary N) is 2. The van der Waals surface area contributed by atoms with E-state index in [1.54, 1.807) is 20.8 Å². The molecule has 2 N–H and O–H groups in total. The van der Waals surface area contributed by atoms with Gasteiger partial charge in [0.25, 0.3) is 0 Å². The number of hydrogen-bond donors (Lipinski definition) is 2. The van der Waals surface area contributed by atoms with Gasteiger partial charge in [-0.1, -0.05) is 11.6 Å². The van der Waals surface area contributed by atoms with E-state index in [0.717, 1.165) is 6.07 Å². The van der Waals surface area contributed by atoms with Crippen molar-refractivity contribution < 1.29 is 23.2 Å². The third-order valence-corrected chi connectivity index (χ3v) is 4.38. The molecule has 2 atom stereocenters. The van der Waals surface area contributed by atoms with E-state index in [9.17, 15) is 23.2 Å². The molecule has 2 rings (SSSR count). The van der Waals surface area contributed by atoms with Gasteiger partial charge in [0.2, 0.25) is 5.91 Å². The second kappa shape index (κ2) is 8.09. The van der Waals surface area contributed by atoms with E-state index in [4.69, 9.17) is 11.6 Å². The summed E-state index contributed by atoms with van der Waals surface area (Å²) >= 11 is 5.65. The Morgan fingerprint density at radius 1 is 1.31 bits per heavy atom. The van der Waals surface area contributed by atoms with Gasteiger partial charge in [0.05, 0.1) is 16.6 Å². The van der Waals surface area contributed by atoms with Crippen molar-refractivity contribution in [2.45, 2.75) is 39.3 Å². The zero-order chi connectivity index (χ0) is 19.6. The highest BCUT2D eigenvalue weighted by molar-refractivity contribution is 6.45. The van der Waals surface area contributed by atoms with Crippen molar-refractivity contribution in [3.8, 4) is 0 Å². The van der Waals surface area contributed by atoms with Gasteiger partial charge < -0.3 is 10.6 Å². The van der Waals surface area contributed by atoms with Crippen LogP contribution in [-0.4, -0.2) is 36.3 Å². The van der Waals surface area contributed by atoms with Crippen molar-refractivity contribution in [3.63, 3.8) is 0 Å². The Hall–Kier alpha value is -2.06. The molecule has 0 aromatic heterocycles. The first-order chi connectivity index (χ1) is 12.1. The molecular weight excluding hydrogens is 368 g/mol. The van der Waals surface area contributed by atoms with Crippen LogP contribution in [0.5, 0.6) is 0 Å². The van der Waals surface area contributed by atoms with Crippen LogP contribution in [-0.2, 0) is 14.4 Å². The van der Waals surface area contributed by atoms with Crippen LogP contribution in [0.25, 0.3) is 0 Å². The lowest BCUT2D eigenvalue weighted by atomic mass is 9.99. The fourth-order valence-corrected chi connectivity index (χ4v) is 3.01. The molecule has 3 amide bonds. The van der Waals surface area contributed by atoms with E-state index >= 15 is 0 Å². The molecule has 0 spiro atoms. The second-order valence-electron chi connectivity index (χ2n) is 6.47. The van der Waals surface area contributed by atoms with Gasteiger partial charge in [0, 0.05) is 18.2 Å². The lowest BCUT2D eigenvalue weighted by Crippen LogP contribution is -2.51. The number of imide groups is 1. The van der Waals surface area contributed by atoms with Crippen molar-refractivity contribution in [2.24, 2.45) is 5.92 Å². The summed E-state index contributed by atoms with van der Waals surface area (Å²) in [6.07, 6.45) is 0.451. The predicted molar refractivity (Wildman–Crippen MR) is 92.7 cm³/mol. The Balaban J connectivity index is 2.46. The maximum absolute atomic E-state index is 13.8. The van der Waals surface area contributed by atoms with Crippen LogP contribution in [0.4, 0.5) is 14.5 Å². The zero-order valence-corrected chi connectivity index (χ0v) is 15.4. The first kappa shape index (κ1) is 20.3. The molecule has 9 heteroatoms. The smallest absolute Gasteiger partial charge is 0.323 e. The molecule has 1 aliphatic rings. The molecule has 0 bridgehead atoms. The molecular formula is C17H20ClF2N3O3. The number of amides is 3. The van der Waals surface area contributed by atoms with Crippen molar-refractivity contribution in [2.75, 3.05) is 11.4 Å². The summed E-state index contributed by atoms with van der Waals surface area (Å²) in [5.41, 5.74) is -0.290. The van der Waals surface area contributed by atoms with Crippen LogP contribution in [0.2, 0.25) is 5.02 Å². The van der Waals surface area contributed by atoms with Crippen LogP contribution < -0.4 is 15.5 Å². The average molecular weight is 388 g/mol. The summed E-state index contributed by atoms with van der Waals surface area (Å²) in [5.74, 6) is -6.07. The van der Waals surface area contributed by atoms with E-state index in [-0.39, 0.29) is 17.8 Å². The Morgan fingerprint density at radius 3 is 2.46 bits per heavy atom. The maximum Gasteiger partial charge on any atom is 0.323 e. The third-order valence-electron chi connectivity index (χ3n) is 4.11. The third kappa shape index (κ3) is 4.19. The van der Waals surface area contributed by atoms with E-state index < -0.39 is 40.3 Å². The topological polar surface area (TPSA) is 78.5 Å². The minimum Gasteiger partial charge on any atom is -0.346 e. The molecule has 0 saturated carbocycles. The summed E-state index contributed by atoms with van der Waals surface area (Å²) in [6.45, 7) is 5.63. The number of carbonyl (C=O) groups excluding carboxylic acids is 3. The van der Waals surface area contributed by atoms with Crippen molar-refractivity contribution in [3.05, 3.63) is 28.8 Å². The Kier molecular flexibility index (Phi) is 6.30. The van der Waals surface area contributed by atoms with E-state index in [1.807, 2.05) is 0 Å². The van der Waals surface area contributed by atoms with Crippen molar-refractivity contribution in [1.82, 2.24) is 10.6 Å². The molecule has 0 radical (unpaired) electrons. The van der Waals surface area contributed by atoms with Gasteiger partial charge in [-0.15, -0.1) is 0 Å². The highest BCUT2D eigenvalue weighted by Crippen LogP contribution is 2.28. The largest absolute Gasteiger partial charge is 0.346 e. The average Bonchev–Trinajstić information content (AvgIpc) is 2.97. The van der Waals surface area contributed by atoms with Crippen molar-refractivity contribution >= 4 is 35.0 Å². The van der Waals surface area contributed by atoms with Crippen molar-refractivity contribution in [1.29, 1.82) is 0 Å². The summed E-state index contributed by atoms with van der Waals surface area (Å²) in [4.78, 5) is 38.2. The molecule has 1 unspecified atom stereocenters. The minimum atomic E-state index is -1.32. The van der Waals surface area contributed by atoms with E-state index in [1.165, 1.54) is 0 Å². The fraction of sp³-hybridized carbons (Fsp3) is 0.471. The fourth-order valence-electron chi connectivity index (χ4n) is 2.80. The standard InChI is InChI=1S/C17H20ClF2N3O3/c1-8(2)22-15(24)17(26)23(16(25)11-4-5-21-9(11)3)10-6-12(18)14(20)13(19)7-10/h6-9,11,21H,4-5H2,1-3H3,(H,22,24)/t9-,11?/m0/s1. The quantitative estimate of drug-likeness (QED) is 0.614. The Labute approximate surface area is 154 Å². The molecule has 0 aliphatic carbocycles. The van der Waals surface area contributed by atoms with Crippen LogP contribution in [0.1, 0.15) is 27.2 Å². The SMILES string of the molecule is CC(C)NC(=O)C(=O)N(C(=O)C1CCN[C@H]1C)c1cc(F)c(F)c(Cl)c1. The monoisotopic (exact) mass is 387 g/mol. The number of rotatable bonds is 3. The maximum atomic E-state index is 13.8. The summed E-state index contributed by atoms with van der Waals surface area (Å²) in [7, 11) is 0. The molecule has 1 saturated heterocycles. The molecule has 1 fully saturated rings. The first-order valence-electron chi connectivity index (χ1n) is 8.20. The Bertz CT molecular complexity index is 719. The molecule has 142 valence electrons. The Morgan fingerprint density at radius 2 is 1.96 bits per heavy atom. The summed E-state index contributed by atoms with van der Waals surface area (Å²) < 4.78 is 27.3.